The van der Waals surface area contributed by atoms with Crippen LogP contribution in [0.4, 0.5) is 18.9 Å². The van der Waals surface area contributed by atoms with Crippen molar-refractivity contribution < 1.29 is 18.0 Å². The predicted octanol–water partition coefficient (Wildman–Crippen LogP) is 5.19. The first-order chi connectivity index (χ1) is 13.4. The number of nitrogen functional groups attached to an aromatic ring is 1. The Bertz CT molecular complexity index is 1020. The SMILES string of the molecule is Nc1c(C(=O)N2CCCCC2)sc2nc(-c3ccccc3)cc(C(F)(F)F)c12. The number of pyridine rings is 1. The quantitative estimate of drug-likeness (QED) is 0.638. The molecule has 0 aliphatic carbocycles. The van der Waals surface area contributed by atoms with Crippen molar-refractivity contribution >= 4 is 33.1 Å². The van der Waals surface area contributed by atoms with Gasteiger partial charge in [0.1, 0.15) is 9.71 Å². The molecule has 8 heteroatoms. The number of aromatic nitrogens is 1. The van der Waals surface area contributed by atoms with E-state index in [1.165, 1.54) is 0 Å². The lowest BCUT2D eigenvalue weighted by atomic mass is 10.1. The first-order valence-electron chi connectivity index (χ1n) is 9.01. The molecule has 4 rings (SSSR count). The van der Waals surface area contributed by atoms with E-state index in [0.717, 1.165) is 36.7 Å². The molecule has 1 amide bonds. The number of likely N-dealkylation sites (tertiary alicyclic amines) is 1. The van der Waals surface area contributed by atoms with Crippen LogP contribution in [0.1, 0.15) is 34.5 Å². The van der Waals surface area contributed by atoms with Gasteiger partial charge in [0.15, 0.2) is 0 Å². The molecule has 0 radical (unpaired) electrons. The van der Waals surface area contributed by atoms with Crippen LogP contribution in [0.15, 0.2) is 36.4 Å². The highest BCUT2D eigenvalue weighted by Crippen LogP contribution is 2.43. The molecule has 1 aliphatic rings. The summed E-state index contributed by atoms with van der Waals surface area (Å²) in [6, 6.07) is 9.67. The van der Waals surface area contributed by atoms with Crippen LogP contribution in [0.3, 0.4) is 0 Å². The molecular formula is C20H18F3N3OS. The Hall–Kier alpha value is -2.61. The van der Waals surface area contributed by atoms with Gasteiger partial charge in [-0.25, -0.2) is 4.98 Å². The van der Waals surface area contributed by atoms with Crippen LogP contribution >= 0.6 is 11.3 Å². The third kappa shape index (κ3) is 3.32. The molecule has 2 N–H and O–H groups in total. The standard InChI is InChI=1S/C20H18F3N3OS/c21-20(22,23)13-11-14(12-7-3-1-4-8-12)25-18-15(13)16(24)17(28-18)19(27)26-9-5-2-6-10-26/h1,3-4,7-8,11H,2,5-6,9-10,24H2. The summed E-state index contributed by atoms with van der Waals surface area (Å²) in [7, 11) is 0. The van der Waals surface area contributed by atoms with Crippen molar-refractivity contribution in [3.8, 4) is 11.3 Å². The molecular weight excluding hydrogens is 387 g/mol. The normalized spacial score (nSPS) is 15.2. The first-order valence-corrected chi connectivity index (χ1v) is 9.83. The third-order valence-electron chi connectivity index (χ3n) is 4.91. The second-order valence-corrected chi connectivity index (χ2v) is 7.80. The first kappa shape index (κ1) is 18.7. The molecule has 146 valence electrons. The molecule has 1 fully saturated rings. The Morgan fingerprint density at radius 2 is 1.79 bits per heavy atom. The third-order valence-corrected chi connectivity index (χ3v) is 6.00. The fourth-order valence-electron chi connectivity index (χ4n) is 3.50. The Morgan fingerprint density at radius 3 is 2.43 bits per heavy atom. The number of carbonyl (C=O) groups is 1. The zero-order valence-corrected chi connectivity index (χ0v) is 15.7. The van der Waals surface area contributed by atoms with Gasteiger partial charge in [0.2, 0.25) is 0 Å². The van der Waals surface area contributed by atoms with E-state index in [9.17, 15) is 18.0 Å². The second-order valence-electron chi connectivity index (χ2n) is 6.80. The fourth-order valence-corrected chi connectivity index (χ4v) is 4.59. The van der Waals surface area contributed by atoms with Crippen LogP contribution in [0, 0.1) is 0 Å². The van der Waals surface area contributed by atoms with Gasteiger partial charge in [0.05, 0.1) is 16.9 Å². The van der Waals surface area contributed by atoms with Crippen molar-refractivity contribution in [3.05, 3.63) is 46.8 Å². The number of hydrogen-bond acceptors (Lipinski definition) is 4. The number of carbonyl (C=O) groups excluding carboxylic acids is 1. The van der Waals surface area contributed by atoms with Crippen LogP contribution in [-0.2, 0) is 6.18 Å². The smallest absolute Gasteiger partial charge is 0.397 e. The average molecular weight is 405 g/mol. The van der Waals surface area contributed by atoms with Gasteiger partial charge in [0, 0.05) is 24.0 Å². The van der Waals surface area contributed by atoms with Gasteiger partial charge in [-0.2, -0.15) is 13.2 Å². The Kier molecular flexibility index (Phi) is 4.74. The molecule has 3 heterocycles. The molecule has 2 aromatic heterocycles. The van der Waals surface area contributed by atoms with Gasteiger partial charge in [-0.15, -0.1) is 11.3 Å². The Labute approximate surface area is 163 Å². The lowest BCUT2D eigenvalue weighted by molar-refractivity contribution is -0.136. The van der Waals surface area contributed by atoms with Gasteiger partial charge < -0.3 is 10.6 Å². The molecule has 3 aromatic rings. The molecule has 1 aromatic carbocycles. The van der Waals surface area contributed by atoms with Crippen molar-refractivity contribution in [1.29, 1.82) is 0 Å². The van der Waals surface area contributed by atoms with E-state index in [1.807, 2.05) is 0 Å². The second kappa shape index (κ2) is 7.09. The fraction of sp³-hybridized carbons (Fsp3) is 0.300. The predicted molar refractivity (Wildman–Crippen MR) is 104 cm³/mol. The molecule has 0 saturated carbocycles. The number of piperidine rings is 1. The van der Waals surface area contributed by atoms with Gasteiger partial charge in [-0.05, 0) is 25.3 Å². The van der Waals surface area contributed by atoms with E-state index in [4.69, 9.17) is 5.73 Å². The number of nitrogens with zero attached hydrogens (tertiary/aromatic N) is 2. The van der Waals surface area contributed by atoms with Gasteiger partial charge in [0.25, 0.3) is 5.91 Å². The number of halogens is 3. The van der Waals surface area contributed by atoms with Gasteiger partial charge >= 0.3 is 6.18 Å². The van der Waals surface area contributed by atoms with E-state index < -0.39 is 11.7 Å². The van der Waals surface area contributed by atoms with Crippen molar-refractivity contribution in [1.82, 2.24) is 9.88 Å². The zero-order valence-electron chi connectivity index (χ0n) is 14.9. The number of hydrogen-bond donors (Lipinski definition) is 1. The lowest BCUT2D eigenvalue weighted by Crippen LogP contribution is -2.35. The Morgan fingerprint density at radius 1 is 1.11 bits per heavy atom. The number of anilines is 1. The lowest BCUT2D eigenvalue weighted by Gasteiger charge is -2.26. The van der Waals surface area contributed by atoms with Gasteiger partial charge in [-0.3, -0.25) is 4.79 Å². The van der Waals surface area contributed by atoms with Crippen LogP contribution in [0.5, 0.6) is 0 Å². The molecule has 28 heavy (non-hydrogen) atoms. The summed E-state index contributed by atoms with van der Waals surface area (Å²) in [6.07, 6.45) is -1.78. The van der Waals surface area contributed by atoms with Crippen LogP contribution in [-0.4, -0.2) is 28.9 Å². The molecule has 4 nitrogen and oxygen atoms in total. The molecule has 0 unspecified atom stereocenters. The van der Waals surface area contributed by atoms with Crippen molar-refractivity contribution in [2.75, 3.05) is 18.8 Å². The molecule has 1 aliphatic heterocycles. The summed E-state index contributed by atoms with van der Waals surface area (Å²) < 4.78 is 41.4. The van der Waals surface area contributed by atoms with Crippen LogP contribution in [0.2, 0.25) is 0 Å². The Balaban J connectivity index is 1.89. The van der Waals surface area contributed by atoms with Gasteiger partial charge in [-0.1, -0.05) is 30.3 Å². The average Bonchev–Trinajstić information content (AvgIpc) is 3.04. The topological polar surface area (TPSA) is 59.2 Å². The maximum Gasteiger partial charge on any atom is 0.417 e. The summed E-state index contributed by atoms with van der Waals surface area (Å²) in [4.78, 5) is 19.2. The molecule has 0 spiro atoms. The van der Waals surface area contributed by atoms with Crippen LogP contribution < -0.4 is 5.73 Å². The number of amides is 1. The highest BCUT2D eigenvalue weighted by Gasteiger charge is 2.36. The number of alkyl halides is 3. The number of rotatable bonds is 2. The summed E-state index contributed by atoms with van der Waals surface area (Å²) >= 11 is 0.937. The number of thiophene rings is 1. The van der Waals surface area contributed by atoms with E-state index in [2.05, 4.69) is 4.98 Å². The number of nitrogens with two attached hydrogens (primary N) is 1. The van der Waals surface area contributed by atoms with E-state index in [0.29, 0.717) is 18.7 Å². The van der Waals surface area contributed by atoms with E-state index in [-0.39, 0.29) is 32.4 Å². The van der Waals surface area contributed by atoms with Crippen molar-refractivity contribution in [2.45, 2.75) is 25.4 Å². The molecule has 0 atom stereocenters. The summed E-state index contributed by atoms with van der Waals surface area (Å²) in [5, 5.41) is -0.183. The monoisotopic (exact) mass is 405 g/mol. The molecule has 1 saturated heterocycles. The summed E-state index contributed by atoms with van der Waals surface area (Å²) in [5.74, 6) is -0.311. The van der Waals surface area contributed by atoms with Crippen molar-refractivity contribution in [2.24, 2.45) is 0 Å². The zero-order chi connectivity index (χ0) is 19.9. The van der Waals surface area contributed by atoms with Crippen molar-refractivity contribution in [3.63, 3.8) is 0 Å². The largest absolute Gasteiger partial charge is 0.417 e. The number of benzene rings is 1. The number of fused-ring (bicyclic) bond motifs is 1. The molecule has 0 bridgehead atoms. The summed E-state index contributed by atoms with van der Waals surface area (Å²) in [6.45, 7) is 1.20. The highest BCUT2D eigenvalue weighted by molar-refractivity contribution is 7.21. The summed E-state index contributed by atoms with van der Waals surface area (Å²) in [5.41, 5.74) is 5.85. The minimum atomic E-state index is -4.61. The van der Waals surface area contributed by atoms with E-state index in [1.54, 1.807) is 35.2 Å². The maximum absolute atomic E-state index is 13.8. The van der Waals surface area contributed by atoms with Crippen LogP contribution in [0.25, 0.3) is 21.5 Å². The van der Waals surface area contributed by atoms with E-state index >= 15 is 0 Å². The highest BCUT2D eigenvalue weighted by atomic mass is 32.1. The minimum absolute atomic E-state index is 0.130. The maximum atomic E-state index is 13.8. The minimum Gasteiger partial charge on any atom is -0.397 e.